The molecular formula is C22H34N4O3S2. The number of amides is 1. The van der Waals surface area contributed by atoms with Crippen molar-refractivity contribution < 1.29 is 13.2 Å². The van der Waals surface area contributed by atoms with E-state index in [0.29, 0.717) is 18.7 Å². The first-order valence-electron chi connectivity index (χ1n) is 11.1. The minimum atomic E-state index is -3.15. The molecule has 1 aromatic heterocycles. The lowest BCUT2D eigenvalue weighted by Crippen LogP contribution is -2.38. The second-order valence-corrected chi connectivity index (χ2v) is 11.4. The minimum Gasteiger partial charge on any atom is -0.366 e. The summed E-state index contributed by atoms with van der Waals surface area (Å²) in [7, 11) is -3.15. The van der Waals surface area contributed by atoms with E-state index in [-0.39, 0.29) is 11.7 Å². The molecule has 2 heterocycles. The summed E-state index contributed by atoms with van der Waals surface area (Å²) >= 11 is 1.74. The zero-order valence-electron chi connectivity index (χ0n) is 18.7. The maximum Gasteiger partial charge on any atom is 0.250 e. The van der Waals surface area contributed by atoms with Crippen LogP contribution in [0.1, 0.15) is 55.5 Å². The van der Waals surface area contributed by atoms with Gasteiger partial charge in [-0.2, -0.15) is 0 Å². The van der Waals surface area contributed by atoms with Gasteiger partial charge in [-0.1, -0.05) is 13.8 Å². The smallest absolute Gasteiger partial charge is 0.250 e. The van der Waals surface area contributed by atoms with Crippen LogP contribution >= 0.6 is 11.8 Å². The number of carbonyl (C=O) groups is 1. The van der Waals surface area contributed by atoms with Crippen LogP contribution < -0.4 is 5.73 Å². The fourth-order valence-electron chi connectivity index (χ4n) is 4.30. The first kappa shape index (κ1) is 24.1. The molecule has 1 aliphatic heterocycles. The van der Waals surface area contributed by atoms with Crippen LogP contribution in [0.4, 0.5) is 0 Å². The van der Waals surface area contributed by atoms with E-state index in [9.17, 15) is 13.2 Å². The van der Waals surface area contributed by atoms with Gasteiger partial charge in [-0.15, -0.1) is 11.8 Å². The molecule has 31 heavy (non-hydrogen) atoms. The van der Waals surface area contributed by atoms with Gasteiger partial charge < -0.3 is 15.6 Å². The lowest BCUT2D eigenvalue weighted by molar-refractivity contribution is 0.100. The Balaban J connectivity index is 1.83. The van der Waals surface area contributed by atoms with E-state index in [1.54, 1.807) is 23.0 Å². The number of nitrogens with two attached hydrogens (primary N) is 1. The summed E-state index contributed by atoms with van der Waals surface area (Å²) < 4.78 is 26.0. The Morgan fingerprint density at radius 3 is 2.48 bits per heavy atom. The van der Waals surface area contributed by atoms with Crippen LogP contribution in [0, 0.1) is 0 Å². The van der Waals surface area contributed by atoms with Crippen molar-refractivity contribution >= 4 is 38.6 Å². The molecule has 9 heteroatoms. The van der Waals surface area contributed by atoms with Crippen LogP contribution in [-0.2, 0) is 10.0 Å². The van der Waals surface area contributed by atoms with Gasteiger partial charge in [0, 0.05) is 41.9 Å². The molecular weight excluding hydrogens is 432 g/mol. The molecule has 1 aromatic carbocycles. The number of nitrogens with zero attached hydrogens (tertiary/aromatic N) is 2. The molecule has 7 nitrogen and oxygen atoms in total. The van der Waals surface area contributed by atoms with E-state index in [1.165, 1.54) is 0 Å². The molecule has 1 fully saturated rings. The topological polar surface area (TPSA) is 99.5 Å². The van der Waals surface area contributed by atoms with Crippen molar-refractivity contribution in [1.82, 2.24) is 14.2 Å². The number of primary amides is 1. The Morgan fingerprint density at radius 1 is 1.23 bits per heavy atom. The van der Waals surface area contributed by atoms with Crippen LogP contribution in [0.2, 0.25) is 0 Å². The number of H-pyrrole nitrogens is 1. The van der Waals surface area contributed by atoms with Gasteiger partial charge in [0.2, 0.25) is 10.0 Å². The van der Waals surface area contributed by atoms with Gasteiger partial charge in [0.1, 0.15) is 0 Å². The quantitative estimate of drug-likeness (QED) is 0.524. The Labute approximate surface area is 189 Å². The largest absolute Gasteiger partial charge is 0.366 e. The zero-order valence-corrected chi connectivity index (χ0v) is 20.3. The molecule has 1 aliphatic rings. The number of nitrogens with one attached hydrogen (secondary N) is 1. The van der Waals surface area contributed by atoms with Gasteiger partial charge >= 0.3 is 0 Å². The number of sulfonamides is 1. The summed E-state index contributed by atoms with van der Waals surface area (Å²) in [5, 5.41) is 1.03. The van der Waals surface area contributed by atoms with E-state index in [4.69, 9.17) is 5.73 Å². The number of hydrogen-bond donors (Lipinski definition) is 2. The summed E-state index contributed by atoms with van der Waals surface area (Å²) in [5.41, 5.74) is 8.13. The average molecular weight is 467 g/mol. The lowest BCUT2D eigenvalue weighted by atomic mass is 9.89. The Hall–Kier alpha value is -1.55. The van der Waals surface area contributed by atoms with Crippen molar-refractivity contribution in [2.45, 2.75) is 44.4 Å². The third-order valence-corrected chi connectivity index (χ3v) is 9.12. The summed E-state index contributed by atoms with van der Waals surface area (Å²) in [5.74, 6) is 0.904. The fourth-order valence-corrected chi connectivity index (χ4v) is 6.42. The van der Waals surface area contributed by atoms with Crippen LogP contribution in [0.5, 0.6) is 0 Å². The number of aromatic amines is 1. The molecule has 0 aliphatic carbocycles. The maximum absolute atomic E-state index is 12.2. The third kappa shape index (κ3) is 5.45. The zero-order chi connectivity index (χ0) is 22.6. The molecule has 0 bridgehead atoms. The Morgan fingerprint density at radius 2 is 1.90 bits per heavy atom. The average Bonchev–Trinajstić information content (AvgIpc) is 3.20. The van der Waals surface area contributed by atoms with Crippen molar-refractivity contribution in [1.29, 1.82) is 0 Å². The Kier molecular flexibility index (Phi) is 8.07. The van der Waals surface area contributed by atoms with E-state index >= 15 is 0 Å². The predicted molar refractivity (Wildman–Crippen MR) is 128 cm³/mol. The highest BCUT2D eigenvalue weighted by Gasteiger charge is 2.29. The normalized spacial score (nSPS) is 16.4. The second-order valence-electron chi connectivity index (χ2n) is 7.95. The molecule has 1 amide bonds. The highest BCUT2D eigenvalue weighted by Crippen LogP contribution is 2.37. The van der Waals surface area contributed by atoms with Gasteiger partial charge in [-0.05, 0) is 56.5 Å². The maximum atomic E-state index is 12.2. The van der Waals surface area contributed by atoms with Gasteiger partial charge in [-0.25, -0.2) is 12.7 Å². The molecule has 0 radical (unpaired) electrons. The van der Waals surface area contributed by atoms with Crippen LogP contribution in [0.25, 0.3) is 10.9 Å². The third-order valence-electron chi connectivity index (χ3n) is 6.28. The fraction of sp³-hybridized carbons (Fsp3) is 0.591. The first-order valence-corrected chi connectivity index (χ1v) is 13.7. The molecule has 2 aromatic rings. The number of thioether (sulfide) groups is 1. The predicted octanol–water partition coefficient (Wildman–Crippen LogP) is 3.23. The molecule has 172 valence electrons. The SMILES string of the molecule is CCN(CC)CCSc1cc(C(N)=O)c2[nH]cc(C3CCN(S(=O)(=O)CC)CC3)c2c1. The van der Waals surface area contributed by atoms with Gasteiger partial charge in [0.15, 0.2) is 0 Å². The van der Waals surface area contributed by atoms with E-state index in [0.717, 1.165) is 59.6 Å². The van der Waals surface area contributed by atoms with Crippen LogP contribution in [0.15, 0.2) is 23.2 Å². The number of benzene rings is 1. The van der Waals surface area contributed by atoms with Crippen molar-refractivity contribution in [3.05, 3.63) is 29.5 Å². The van der Waals surface area contributed by atoms with Crippen molar-refractivity contribution in [3.63, 3.8) is 0 Å². The van der Waals surface area contributed by atoms with Crippen LogP contribution in [-0.4, -0.2) is 72.7 Å². The van der Waals surface area contributed by atoms with Crippen molar-refractivity contribution in [2.75, 3.05) is 44.2 Å². The van der Waals surface area contributed by atoms with E-state index in [2.05, 4.69) is 29.8 Å². The summed E-state index contributed by atoms with van der Waals surface area (Å²) in [6.45, 7) is 10.1. The van der Waals surface area contributed by atoms with E-state index in [1.807, 2.05) is 12.3 Å². The van der Waals surface area contributed by atoms with Gasteiger partial charge in [0.05, 0.1) is 16.8 Å². The lowest BCUT2D eigenvalue weighted by Gasteiger charge is -2.31. The minimum absolute atomic E-state index is 0.140. The monoisotopic (exact) mass is 466 g/mol. The molecule has 3 N–H and O–H groups in total. The highest BCUT2D eigenvalue weighted by molar-refractivity contribution is 7.99. The number of fused-ring (bicyclic) bond motifs is 1. The number of hydrogen-bond acceptors (Lipinski definition) is 5. The summed E-state index contributed by atoms with van der Waals surface area (Å²) in [6.07, 6.45) is 3.52. The first-order chi connectivity index (χ1) is 14.8. The van der Waals surface area contributed by atoms with Crippen molar-refractivity contribution in [2.24, 2.45) is 5.73 Å². The van der Waals surface area contributed by atoms with E-state index < -0.39 is 15.9 Å². The number of piperidine rings is 1. The number of rotatable bonds is 10. The molecule has 0 atom stereocenters. The standard InChI is InChI=1S/C22H34N4O3S2/c1-4-25(5-2)11-12-30-17-13-18-20(15-24-21(18)19(14-17)22(23)27)16-7-9-26(10-8-16)31(28,29)6-3/h13-16,24H,4-12H2,1-3H3,(H2,23,27). The number of aromatic nitrogens is 1. The highest BCUT2D eigenvalue weighted by atomic mass is 32.2. The van der Waals surface area contributed by atoms with Gasteiger partial charge in [0.25, 0.3) is 5.91 Å². The molecule has 0 unspecified atom stereocenters. The second kappa shape index (κ2) is 10.4. The summed E-state index contributed by atoms with van der Waals surface area (Å²) in [4.78, 5) is 18.8. The number of carbonyl (C=O) groups excluding carboxylic acids is 1. The Bertz CT molecular complexity index is 1010. The van der Waals surface area contributed by atoms with Gasteiger partial charge in [-0.3, -0.25) is 4.79 Å². The summed E-state index contributed by atoms with van der Waals surface area (Å²) in [6, 6.07) is 4.03. The van der Waals surface area contributed by atoms with Crippen molar-refractivity contribution in [3.8, 4) is 0 Å². The molecule has 1 saturated heterocycles. The molecule has 3 rings (SSSR count). The van der Waals surface area contributed by atoms with Crippen LogP contribution in [0.3, 0.4) is 0 Å². The molecule has 0 saturated carbocycles. The molecule has 0 spiro atoms.